The predicted octanol–water partition coefficient (Wildman–Crippen LogP) is 3.15. The predicted molar refractivity (Wildman–Crippen MR) is 97.8 cm³/mol. The average molecular weight is 330 g/mol. The van der Waals surface area contributed by atoms with E-state index < -0.39 is 6.04 Å². The van der Waals surface area contributed by atoms with Crippen LogP contribution in [0.15, 0.2) is 54.6 Å². The van der Waals surface area contributed by atoms with Crippen molar-refractivity contribution < 1.29 is 9.53 Å². The molecule has 0 bridgehead atoms. The highest BCUT2D eigenvalue weighted by molar-refractivity contribution is 7.81. The molecule has 2 aromatic carbocycles. The molecule has 0 saturated heterocycles. The van der Waals surface area contributed by atoms with E-state index in [-0.39, 0.29) is 11.2 Å². The first-order chi connectivity index (χ1) is 11.1. The molecular formula is C18H22N2O2S. The Bertz CT molecular complexity index is 617. The first-order valence-corrected chi connectivity index (χ1v) is 8.12. The highest BCUT2D eigenvalue weighted by Crippen LogP contribution is 2.18. The van der Waals surface area contributed by atoms with Crippen molar-refractivity contribution in [3.05, 3.63) is 60.2 Å². The van der Waals surface area contributed by atoms with E-state index in [1.54, 1.807) is 19.1 Å². The Hall–Kier alpha value is -2.14. The minimum absolute atomic E-state index is 0.214. The van der Waals surface area contributed by atoms with Crippen molar-refractivity contribution >= 4 is 30.0 Å². The highest BCUT2D eigenvalue weighted by atomic mass is 32.1. The number of anilines is 2. The van der Waals surface area contributed by atoms with Crippen molar-refractivity contribution in [3.63, 3.8) is 0 Å². The van der Waals surface area contributed by atoms with Crippen molar-refractivity contribution in [3.8, 4) is 0 Å². The maximum atomic E-state index is 12.3. The van der Waals surface area contributed by atoms with Gasteiger partial charge in [-0.15, -0.1) is 0 Å². The van der Waals surface area contributed by atoms with Crippen LogP contribution in [-0.2, 0) is 16.0 Å². The van der Waals surface area contributed by atoms with Gasteiger partial charge < -0.3 is 15.8 Å². The van der Waals surface area contributed by atoms with E-state index in [2.05, 4.69) is 17.9 Å². The molecule has 3 N–H and O–H groups in total. The van der Waals surface area contributed by atoms with Crippen LogP contribution in [0.5, 0.6) is 0 Å². The summed E-state index contributed by atoms with van der Waals surface area (Å²) in [4.78, 5) is 12.3. The van der Waals surface area contributed by atoms with Crippen LogP contribution < -0.4 is 11.1 Å². The molecular weight excluding hydrogens is 308 g/mol. The maximum Gasteiger partial charge on any atom is 0.329 e. The average Bonchev–Trinajstić information content (AvgIpc) is 2.55. The summed E-state index contributed by atoms with van der Waals surface area (Å²) in [5.74, 6) is -0.305. The molecule has 2 unspecified atom stereocenters. The van der Waals surface area contributed by atoms with Gasteiger partial charge in [0.15, 0.2) is 0 Å². The molecule has 2 atom stereocenters. The Labute approximate surface area is 142 Å². The number of hydrogen-bond acceptors (Lipinski definition) is 5. The second-order valence-corrected chi connectivity index (χ2v) is 5.92. The number of nitrogens with two attached hydrogens (primary N) is 1. The second kappa shape index (κ2) is 8.48. The molecule has 2 aromatic rings. The number of nitrogens with one attached hydrogen (secondary N) is 1. The number of carbonyl (C=O) groups excluding carboxylic acids is 1. The number of benzene rings is 2. The Kier molecular flexibility index (Phi) is 6.35. The summed E-state index contributed by atoms with van der Waals surface area (Å²) in [5, 5.41) is 2.99. The third kappa shape index (κ3) is 5.21. The van der Waals surface area contributed by atoms with Gasteiger partial charge in [-0.3, -0.25) is 0 Å². The molecule has 122 valence electrons. The minimum Gasteiger partial charge on any atom is -0.464 e. The SMILES string of the molecule is CCOC(=O)C(Nc1ccc(N)cc1)C(S)Cc1ccccc1. The van der Waals surface area contributed by atoms with E-state index in [0.29, 0.717) is 18.7 Å². The van der Waals surface area contributed by atoms with Gasteiger partial charge in [0.25, 0.3) is 0 Å². The van der Waals surface area contributed by atoms with E-state index >= 15 is 0 Å². The molecule has 0 amide bonds. The quantitative estimate of drug-likeness (QED) is 0.414. The van der Waals surface area contributed by atoms with Gasteiger partial charge >= 0.3 is 5.97 Å². The molecule has 0 heterocycles. The van der Waals surface area contributed by atoms with Gasteiger partial charge in [0.05, 0.1) is 6.61 Å². The smallest absolute Gasteiger partial charge is 0.329 e. The first-order valence-electron chi connectivity index (χ1n) is 7.61. The largest absolute Gasteiger partial charge is 0.464 e. The molecule has 0 saturated carbocycles. The van der Waals surface area contributed by atoms with Gasteiger partial charge in [-0.2, -0.15) is 12.6 Å². The molecule has 23 heavy (non-hydrogen) atoms. The zero-order valence-electron chi connectivity index (χ0n) is 13.1. The van der Waals surface area contributed by atoms with E-state index in [1.807, 2.05) is 42.5 Å². The second-order valence-electron chi connectivity index (χ2n) is 5.25. The van der Waals surface area contributed by atoms with Crippen LogP contribution in [0.2, 0.25) is 0 Å². The van der Waals surface area contributed by atoms with Crippen molar-refractivity contribution in [2.24, 2.45) is 0 Å². The third-order valence-electron chi connectivity index (χ3n) is 3.45. The van der Waals surface area contributed by atoms with Gasteiger partial charge in [-0.05, 0) is 43.2 Å². The molecule has 4 nitrogen and oxygen atoms in total. The van der Waals surface area contributed by atoms with Crippen molar-refractivity contribution in [1.82, 2.24) is 0 Å². The highest BCUT2D eigenvalue weighted by Gasteiger charge is 2.27. The van der Waals surface area contributed by atoms with Crippen LogP contribution in [0.4, 0.5) is 11.4 Å². The van der Waals surface area contributed by atoms with E-state index in [1.165, 1.54) is 0 Å². The van der Waals surface area contributed by atoms with Gasteiger partial charge in [0.1, 0.15) is 6.04 Å². The normalized spacial score (nSPS) is 13.1. The van der Waals surface area contributed by atoms with Crippen LogP contribution in [0.3, 0.4) is 0 Å². The molecule has 2 rings (SSSR count). The lowest BCUT2D eigenvalue weighted by Crippen LogP contribution is -2.40. The summed E-state index contributed by atoms with van der Waals surface area (Å²) in [6.07, 6.45) is 0.662. The number of ether oxygens (including phenoxy) is 1. The summed E-state index contributed by atoms with van der Waals surface area (Å²) < 4.78 is 5.18. The molecule has 0 aliphatic heterocycles. The zero-order chi connectivity index (χ0) is 16.7. The Morgan fingerprint density at radius 2 is 1.83 bits per heavy atom. The summed E-state index contributed by atoms with van der Waals surface area (Å²) in [6.45, 7) is 2.13. The lowest BCUT2D eigenvalue weighted by atomic mass is 10.0. The van der Waals surface area contributed by atoms with Crippen molar-refractivity contribution in [2.75, 3.05) is 17.7 Å². The molecule has 0 radical (unpaired) electrons. The maximum absolute atomic E-state index is 12.3. The molecule has 0 spiro atoms. The number of thiol groups is 1. The van der Waals surface area contributed by atoms with E-state index in [4.69, 9.17) is 10.5 Å². The molecule has 5 heteroatoms. The number of rotatable bonds is 7. The topological polar surface area (TPSA) is 64.3 Å². The molecule has 0 fully saturated rings. The lowest BCUT2D eigenvalue weighted by molar-refractivity contribution is -0.144. The third-order valence-corrected chi connectivity index (χ3v) is 3.93. The van der Waals surface area contributed by atoms with Gasteiger partial charge in [-0.1, -0.05) is 30.3 Å². The van der Waals surface area contributed by atoms with Gasteiger partial charge in [0, 0.05) is 16.6 Å². The Morgan fingerprint density at radius 3 is 2.43 bits per heavy atom. The van der Waals surface area contributed by atoms with E-state index in [9.17, 15) is 4.79 Å². The molecule has 0 aromatic heterocycles. The Morgan fingerprint density at radius 1 is 1.17 bits per heavy atom. The fourth-order valence-electron chi connectivity index (χ4n) is 2.28. The fraction of sp³-hybridized carbons (Fsp3) is 0.278. The molecule has 0 aliphatic rings. The zero-order valence-corrected chi connectivity index (χ0v) is 14.0. The van der Waals surface area contributed by atoms with Crippen molar-refractivity contribution in [2.45, 2.75) is 24.6 Å². The standard InChI is InChI=1S/C18H22N2O2S/c1-2-22-18(21)17(20-15-10-8-14(19)9-11-15)16(23)12-13-6-4-3-5-7-13/h3-11,16-17,20,23H,2,12,19H2,1H3. The molecule has 0 aliphatic carbocycles. The number of carbonyl (C=O) groups is 1. The lowest BCUT2D eigenvalue weighted by Gasteiger charge is -2.24. The monoisotopic (exact) mass is 330 g/mol. The van der Waals surface area contributed by atoms with Gasteiger partial charge in [-0.25, -0.2) is 4.79 Å². The number of esters is 1. The number of nitrogen functional groups attached to an aromatic ring is 1. The van der Waals surface area contributed by atoms with Crippen LogP contribution >= 0.6 is 12.6 Å². The van der Waals surface area contributed by atoms with Crippen LogP contribution in [0.25, 0.3) is 0 Å². The number of hydrogen-bond donors (Lipinski definition) is 3. The van der Waals surface area contributed by atoms with Crippen molar-refractivity contribution in [1.29, 1.82) is 0 Å². The fourth-order valence-corrected chi connectivity index (χ4v) is 2.68. The Balaban J connectivity index is 2.12. The summed E-state index contributed by atoms with van der Waals surface area (Å²) in [6, 6.07) is 16.7. The summed E-state index contributed by atoms with van der Waals surface area (Å²) in [7, 11) is 0. The summed E-state index contributed by atoms with van der Waals surface area (Å²) in [5.41, 5.74) is 8.30. The first kappa shape index (κ1) is 17.2. The minimum atomic E-state index is -0.540. The van der Waals surface area contributed by atoms with Gasteiger partial charge in [0.2, 0.25) is 0 Å². The van der Waals surface area contributed by atoms with Crippen LogP contribution in [-0.4, -0.2) is 23.9 Å². The van der Waals surface area contributed by atoms with Crippen LogP contribution in [0.1, 0.15) is 12.5 Å². The van der Waals surface area contributed by atoms with E-state index in [0.717, 1.165) is 11.3 Å². The van der Waals surface area contributed by atoms with Crippen LogP contribution in [0, 0.1) is 0 Å². The summed E-state index contributed by atoms with van der Waals surface area (Å²) >= 11 is 4.63.